The van der Waals surface area contributed by atoms with E-state index in [2.05, 4.69) is 15.0 Å². The number of ether oxygens (including phenoxy) is 1. The molecule has 0 spiro atoms. The van der Waals surface area contributed by atoms with Crippen molar-refractivity contribution in [2.45, 2.75) is 31.1 Å². The highest BCUT2D eigenvalue weighted by Gasteiger charge is 2.41. The molecule has 1 aliphatic rings. The maximum atomic E-state index is 11.5. The second-order valence-corrected chi connectivity index (χ2v) is 7.21. The highest BCUT2D eigenvalue weighted by molar-refractivity contribution is 7.52. The van der Waals surface area contributed by atoms with E-state index in [1.54, 1.807) is 6.33 Å². The van der Waals surface area contributed by atoms with Crippen molar-refractivity contribution in [1.29, 1.82) is 0 Å². The lowest BCUT2D eigenvalue weighted by molar-refractivity contribution is 0.0905. The average molecular weight is 327 g/mol. The SMILES string of the molecule is COC(C1CCC(n2cnc3c(N)ncnc32)C1)P(=O)(O)O. The van der Waals surface area contributed by atoms with Crippen LogP contribution in [-0.2, 0) is 9.30 Å². The van der Waals surface area contributed by atoms with Gasteiger partial charge in [-0.3, -0.25) is 4.57 Å². The fraction of sp³-hybridized carbons (Fsp3) is 0.583. The molecule has 3 rings (SSSR count). The van der Waals surface area contributed by atoms with Crippen LogP contribution in [0.3, 0.4) is 0 Å². The third kappa shape index (κ3) is 2.61. The number of methoxy groups -OCH3 is 1. The Balaban J connectivity index is 1.86. The summed E-state index contributed by atoms with van der Waals surface area (Å²) in [6.07, 6.45) is 5.09. The third-order valence-corrected chi connectivity index (χ3v) is 5.50. The smallest absolute Gasteiger partial charge is 0.354 e. The summed E-state index contributed by atoms with van der Waals surface area (Å²) in [5.74, 6) is -0.942. The van der Waals surface area contributed by atoms with E-state index < -0.39 is 13.4 Å². The Kier molecular flexibility index (Phi) is 3.90. The lowest BCUT2D eigenvalue weighted by Gasteiger charge is -2.23. The first kappa shape index (κ1) is 15.4. The summed E-state index contributed by atoms with van der Waals surface area (Å²) in [7, 11) is -2.95. The minimum Gasteiger partial charge on any atom is -0.382 e. The molecule has 2 heterocycles. The molecular weight excluding hydrogens is 309 g/mol. The first-order chi connectivity index (χ1) is 10.4. The zero-order valence-electron chi connectivity index (χ0n) is 12.0. The summed E-state index contributed by atoms with van der Waals surface area (Å²) in [6, 6.07) is 0.0634. The molecule has 1 fully saturated rings. The van der Waals surface area contributed by atoms with Gasteiger partial charge in [0.2, 0.25) is 0 Å². The summed E-state index contributed by atoms with van der Waals surface area (Å²) in [5, 5.41) is 0. The van der Waals surface area contributed by atoms with E-state index in [1.807, 2.05) is 4.57 Å². The van der Waals surface area contributed by atoms with Crippen LogP contribution in [0.4, 0.5) is 5.82 Å². The zero-order chi connectivity index (χ0) is 15.9. The van der Waals surface area contributed by atoms with Gasteiger partial charge in [0.1, 0.15) is 11.8 Å². The lowest BCUT2D eigenvalue weighted by atomic mass is 10.1. The molecule has 0 saturated heterocycles. The van der Waals surface area contributed by atoms with E-state index in [9.17, 15) is 14.4 Å². The Labute approximate surface area is 126 Å². The van der Waals surface area contributed by atoms with Crippen LogP contribution in [-0.4, -0.2) is 42.3 Å². The van der Waals surface area contributed by atoms with Crippen LogP contribution in [0.1, 0.15) is 25.3 Å². The maximum Gasteiger partial charge on any atom is 0.354 e. The summed E-state index contributed by atoms with van der Waals surface area (Å²) >= 11 is 0. The number of nitrogens with two attached hydrogens (primary N) is 1. The molecule has 0 aromatic carbocycles. The van der Waals surface area contributed by atoms with Gasteiger partial charge in [-0.1, -0.05) is 0 Å². The fourth-order valence-electron chi connectivity index (χ4n) is 3.24. The number of nitrogen functional groups attached to an aromatic ring is 1. The van der Waals surface area contributed by atoms with Crippen molar-refractivity contribution in [1.82, 2.24) is 19.5 Å². The van der Waals surface area contributed by atoms with Crippen molar-refractivity contribution in [2.75, 3.05) is 12.8 Å². The monoisotopic (exact) mass is 327 g/mol. The molecule has 22 heavy (non-hydrogen) atoms. The van der Waals surface area contributed by atoms with Gasteiger partial charge in [0.25, 0.3) is 0 Å². The molecule has 10 heteroatoms. The van der Waals surface area contributed by atoms with Crippen molar-refractivity contribution in [3.63, 3.8) is 0 Å². The highest BCUT2D eigenvalue weighted by atomic mass is 31.2. The van der Waals surface area contributed by atoms with Crippen molar-refractivity contribution in [3.05, 3.63) is 12.7 Å². The molecule has 2 aromatic heterocycles. The zero-order valence-corrected chi connectivity index (χ0v) is 12.9. The van der Waals surface area contributed by atoms with Gasteiger partial charge in [-0.15, -0.1) is 0 Å². The maximum absolute atomic E-state index is 11.5. The van der Waals surface area contributed by atoms with Gasteiger partial charge in [0, 0.05) is 13.2 Å². The second-order valence-electron chi connectivity index (χ2n) is 5.53. The lowest BCUT2D eigenvalue weighted by Crippen LogP contribution is -2.21. The minimum absolute atomic E-state index is 0.0634. The molecular formula is C12H18N5O4P. The number of hydrogen-bond acceptors (Lipinski definition) is 6. The normalized spacial score (nSPS) is 24.0. The van der Waals surface area contributed by atoms with E-state index >= 15 is 0 Å². The first-order valence-electron chi connectivity index (χ1n) is 6.93. The fourth-order valence-corrected chi connectivity index (χ4v) is 4.34. The molecule has 3 atom stereocenters. The summed E-state index contributed by atoms with van der Waals surface area (Å²) in [6.45, 7) is 0. The van der Waals surface area contributed by atoms with E-state index in [1.165, 1.54) is 13.4 Å². The number of fused-ring (bicyclic) bond motifs is 1. The van der Waals surface area contributed by atoms with E-state index in [0.29, 0.717) is 29.8 Å². The Hall–Kier alpha value is -1.54. The van der Waals surface area contributed by atoms with Crippen LogP contribution in [0.2, 0.25) is 0 Å². The summed E-state index contributed by atoms with van der Waals surface area (Å²) < 4.78 is 18.5. The van der Waals surface area contributed by atoms with Crippen molar-refractivity contribution in [3.8, 4) is 0 Å². The Morgan fingerprint density at radius 3 is 2.86 bits per heavy atom. The predicted molar refractivity (Wildman–Crippen MR) is 79.0 cm³/mol. The quantitative estimate of drug-likeness (QED) is 0.705. The molecule has 3 unspecified atom stereocenters. The van der Waals surface area contributed by atoms with Crippen LogP contribution in [0.15, 0.2) is 12.7 Å². The Morgan fingerprint density at radius 2 is 2.18 bits per heavy atom. The van der Waals surface area contributed by atoms with Crippen LogP contribution in [0, 0.1) is 5.92 Å². The van der Waals surface area contributed by atoms with Gasteiger partial charge in [-0.25, -0.2) is 15.0 Å². The summed E-state index contributed by atoms with van der Waals surface area (Å²) in [5.41, 5.74) is 6.96. The summed E-state index contributed by atoms with van der Waals surface area (Å²) in [4.78, 5) is 31.1. The topological polar surface area (TPSA) is 136 Å². The van der Waals surface area contributed by atoms with Gasteiger partial charge in [-0.2, -0.15) is 0 Å². The van der Waals surface area contributed by atoms with Gasteiger partial charge >= 0.3 is 7.60 Å². The van der Waals surface area contributed by atoms with Gasteiger partial charge in [-0.05, 0) is 25.2 Å². The largest absolute Gasteiger partial charge is 0.382 e. The molecule has 0 aliphatic heterocycles. The Bertz CT molecular complexity index is 729. The number of anilines is 1. The number of hydrogen-bond donors (Lipinski definition) is 3. The molecule has 0 radical (unpaired) electrons. The van der Waals surface area contributed by atoms with Crippen LogP contribution in [0.25, 0.3) is 11.2 Å². The van der Waals surface area contributed by atoms with Crippen molar-refractivity contribution >= 4 is 24.6 Å². The molecule has 9 nitrogen and oxygen atoms in total. The number of imidazole rings is 1. The molecule has 120 valence electrons. The van der Waals surface area contributed by atoms with Crippen LogP contribution in [0.5, 0.6) is 0 Å². The van der Waals surface area contributed by atoms with E-state index in [-0.39, 0.29) is 12.0 Å². The molecule has 0 bridgehead atoms. The minimum atomic E-state index is -4.28. The second kappa shape index (κ2) is 5.58. The average Bonchev–Trinajstić information content (AvgIpc) is 3.05. The van der Waals surface area contributed by atoms with Gasteiger partial charge in [0.15, 0.2) is 17.3 Å². The van der Waals surface area contributed by atoms with Crippen LogP contribution >= 0.6 is 7.60 Å². The van der Waals surface area contributed by atoms with Gasteiger partial charge < -0.3 is 24.8 Å². The van der Waals surface area contributed by atoms with E-state index in [0.717, 1.165) is 6.42 Å². The number of nitrogens with zero attached hydrogens (tertiary/aromatic N) is 4. The molecule has 1 saturated carbocycles. The predicted octanol–water partition coefficient (Wildman–Crippen LogP) is 0.900. The molecule has 0 amide bonds. The van der Waals surface area contributed by atoms with E-state index in [4.69, 9.17) is 10.5 Å². The van der Waals surface area contributed by atoms with Gasteiger partial charge in [0.05, 0.1) is 6.33 Å². The third-order valence-electron chi connectivity index (χ3n) is 4.20. The van der Waals surface area contributed by atoms with Crippen LogP contribution < -0.4 is 5.73 Å². The first-order valence-corrected chi connectivity index (χ1v) is 8.61. The molecule has 4 N–H and O–H groups in total. The Morgan fingerprint density at radius 1 is 1.41 bits per heavy atom. The molecule has 2 aromatic rings. The van der Waals surface area contributed by atoms with Crippen molar-refractivity contribution in [2.24, 2.45) is 5.92 Å². The number of aromatic nitrogens is 4. The molecule has 1 aliphatic carbocycles. The number of rotatable bonds is 4. The van der Waals surface area contributed by atoms with Crippen molar-refractivity contribution < 1.29 is 19.1 Å². The standard InChI is InChI=1S/C12H18N5O4P/c1-21-12(22(18,19)20)7-2-3-8(4-7)17-6-16-9-10(13)14-5-15-11(9)17/h5-8,12H,2-4H2,1H3,(H2,13,14,15)(H2,18,19,20). The highest BCUT2D eigenvalue weighted by Crippen LogP contribution is 2.51.